The van der Waals surface area contributed by atoms with Gasteiger partial charge in [-0.25, -0.2) is 0 Å². The van der Waals surface area contributed by atoms with Crippen LogP contribution in [0.25, 0.3) is 0 Å². The Morgan fingerprint density at radius 3 is 3.12 bits per heavy atom. The first kappa shape index (κ1) is 9.84. The molecule has 0 bridgehead atoms. The smallest absolute Gasteiger partial charge is 0.315 e. The van der Waals surface area contributed by atoms with Crippen LogP contribution in [-0.4, -0.2) is 10.2 Å². The second kappa shape index (κ2) is 4.25. The second-order valence-corrected chi connectivity index (χ2v) is 5.11. The monoisotopic (exact) mass is 235 g/mol. The maximum absolute atomic E-state index is 5.50. The fourth-order valence-corrected chi connectivity index (χ4v) is 2.20. The minimum atomic E-state index is 0.532. The van der Waals surface area contributed by atoms with Crippen molar-refractivity contribution < 1.29 is 4.42 Å². The van der Waals surface area contributed by atoms with Crippen LogP contribution in [-0.2, 0) is 13.0 Å². The van der Waals surface area contributed by atoms with E-state index in [0.717, 1.165) is 24.8 Å². The number of nitrogens with zero attached hydrogens (tertiary/aromatic N) is 2. The number of nitrogens with one attached hydrogen (secondary N) is 1. The van der Waals surface area contributed by atoms with Gasteiger partial charge in [0.2, 0.25) is 5.89 Å². The van der Waals surface area contributed by atoms with Crippen molar-refractivity contribution in [1.29, 1.82) is 0 Å². The summed E-state index contributed by atoms with van der Waals surface area (Å²) in [5, 5.41) is 13.2. The zero-order chi connectivity index (χ0) is 10.8. The van der Waals surface area contributed by atoms with Crippen molar-refractivity contribution in [2.45, 2.75) is 25.8 Å². The molecule has 0 saturated heterocycles. The molecule has 3 rings (SSSR count). The van der Waals surface area contributed by atoms with Crippen LogP contribution >= 0.6 is 11.3 Å². The van der Waals surface area contributed by atoms with Crippen molar-refractivity contribution in [3.05, 3.63) is 28.3 Å². The van der Waals surface area contributed by atoms with Gasteiger partial charge in [-0.1, -0.05) is 11.2 Å². The van der Waals surface area contributed by atoms with Crippen molar-refractivity contribution in [3.8, 4) is 0 Å². The Balaban J connectivity index is 1.55. The zero-order valence-corrected chi connectivity index (χ0v) is 9.67. The van der Waals surface area contributed by atoms with E-state index in [-0.39, 0.29) is 0 Å². The summed E-state index contributed by atoms with van der Waals surface area (Å²) in [6.45, 7) is 0.753. The Morgan fingerprint density at radius 1 is 1.44 bits per heavy atom. The van der Waals surface area contributed by atoms with Crippen LogP contribution in [0, 0.1) is 5.92 Å². The molecule has 4 nitrogen and oxygen atoms in total. The highest BCUT2D eigenvalue weighted by molar-refractivity contribution is 7.09. The third-order valence-corrected chi connectivity index (χ3v) is 3.50. The zero-order valence-electron chi connectivity index (χ0n) is 8.85. The summed E-state index contributed by atoms with van der Waals surface area (Å²) in [4.78, 5) is 1.27. The Morgan fingerprint density at radius 2 is 2.38 bits per heavy atom. The molecule has 0 spiro atoms. The normalized spacial score (nSPS) is 15.2. The first-order valence-corrected chi connectivity index (χ1v) is 6.37. The fraction of sp³-hybridized carbons (Fsp3) is 0.455. The van der Waals surface area contributed by atoms with E-state index in [1.54, 1.807) is 11.3 Å². The Bertz CT molecular complexity index is 448. The van der Waals surface area contributed by atoms with Gasteiger partial charge >= 0.3 is 6.01 Å². The van der Waals surface area contributed by atoms with Crippen LogP contribution in [0.3, 0.4) is 0 Å². The van der Waals surface area contributed by atoms with Gasteiger partial charge in [-0.05, 0) is 30.2 Å². The Hall–Kier alpha value is -1.36. The molecule has 1 N–H and O–H groups in total. The molecule has 0 unspecified atom stereocenters. The number of aromatic nitrogens is 2. The quantitative estimate of drug-likeness (QED) is 0.865. The number of thiophene rings is 1. The van der Waals surface area contributed by atoms with Crippen LogP contribution in [0.5, 0.6) is 0 Å². The lowest BCUT2D eigenvalue weighted by Crippen LogP contribution is -1.97. The van der Waals surface area contributed by atoms with Crippen LogP contribution in [0.15, 0.2) is 21.9 Å². The van der Waals surface area contributed by atoms with Gasteiger partial charge in [0.15, 0.2) is 0 Å². The van der Waals surface area contributed by atoms with Gasteiger partial charge in [0.25, 0.3) is 0 Å². The lowest BCUT2D eigenvalue weighted by molar-refractivity contribution is 0.491. The average molecular weight is 235 g/mol. The predicted octanol–water partition coefficient (Wildman–Crippen LogP) is 2.70. The Labute approximate surface area is 97.7 Å². The lowest BCUT2D eigenvalue weighted by atomic mass is 10.3. The van der Waals surface area contributed by atoms with Crippen molar-refractivity contribution in [3.63, 3.8) is 0 Å². The molecule has 0 radical (unpaired) electrons. The third-order valence-electron chi connectivity index (χ3n) is 2.62. The predicted molar refractivity (Wildman–Crippen MR) is 62.4 cm³/mol. The molecule has 1 aliphatic rings. The molecule has 0 aliphatic heterocycles. The molecule has 0 atom stereocenters. The summed E-state index contributed by atoms with van der Waals surface area (Å²) >= 11 is 1.72. The third kappa shape index (κ3) is 2.41. The average Bonchev–Trinajstić information content (AvgIpc) is 2.81. The van der Waals surface area contributed by atoms with E-state index in [0.29, 0.717) is 6.01 Å². The summed E-state index contributed by atoms with van der Waals surface area (Å²) < 4.78 is 5.50. The summed E-state index contributed by atoms with van der Waals surface area (Å²) in [6, 6.07) is 4.65. The first-order valence-electron chi connectivity index (χ1n) is 5.49. The van der Waals surface area contributed by atoms with Crippen LogP contribution < -0.4 is 5.32 Å². The van der Waals surface area contributed by atoms with Crippen molar-refractivity contribution >= 4 is 17.4 Å². The molecular weight excluding hydrogens is 222 g/mol. The molecule has 2 aromatic heterocycles. The molecule has 16 heavy (non-hydrogen) atoms. The number of hydrogen-bond acceptors (Lipinski definition) is 5. The van der Waals surface area contributed by atoms with Gasteiger partial charge in [-0.3, -0.25) is 0 Å². The van der Waals surface area contributed by atoms with Gasteiger partial charge in [-0.15, -0.1) is 16.4 Å². The van der Waals surface area contributed by atoms with Gasteiger partial charge in [0.05, 0.1) is 6.54 Å². The molecule has 0 amide bonds. The van der Waals surface area contributed by atoms with Crippen molar-refractivity contribution in [2.75, 3.05) is 5.32 Å². The van der Waals surface area contributed by atoms with Gasteiger partial charge in [-0.2, -0.15) is 0 Å². The maximum Gasteiger partial charge on any atom is 0.315 e. The van der Waals surface area contributed by atoms with Crippen LogP contribution in [0.1, 0.15) is 23.6 Å². The van der Waals surface area contributed by atoms with E-state index in [9.17, 15) is 0 Å². The van der Waals surface area contributed by atoms with Crippen LogP contribution in [0.2, 0.25) is 0 Å². The Kier molecular flexibility index (Phi) is 2.61. The summed E-state index contributed by atoms with van der Waals surface area (Å²) in [5.74, 6) is 1.54. The highest BCUT2D eigenvalue weighted by atomic mass is 32.1. The highest BCUT2D eigenvalue weighted by Gasteiger charge is 2.24. The number of rotatable bonds is 5. The van der Waals surface area contributed by atoms with Gasteiger partial charge < -0.3 is 9.73 Å². The number of hydrogen-bond donors (Lipinski definition) is 1. The standard InChI is InChI=1S/C11H13N3OS/c1-2-9(16-5-1)7-12-11-14-13-10(15-11)6-8-3-4-8/h1-2,5,8H,3-4,6-7H2,(H,12,14). The van der Waals surface area contributed by atoms with E-state index in [2.05, 4.69) is 27.0 Å². The molecule has 1 saturated carbocycles. The first-order chi connectivity index (χ1) is 7.90. The minimum absolute atomic E-state index is 0.532. The van der Waals surface area contributed by atoms with Crippen LogP contribution in [0.4, 0.5) is 6.01 Å². The molecule has 1 fully saturated rings. The maximum atomic E-state index is 5.50. The molecule has 0 aromatic carbocycles. The molecule has 5 heteroatoms. The lowest BCUT2D eigenvalue weighted by Gasteiger charge is -1.96. The van der Waals surface area contributed by atoms with Crippen molar-refractivity contribution in [1.82, 2.24) is 10.2 Å². The largest absolute Gasteiger partial charge is 0.408 e. The number of anilines is 1. The topological polar surface area (TPSA) is 51.0 Å². The van der Waals surface area contributed by atoms with E-state index in [1.807, 2.05) is 6.07 Å². The molecule has 84 valence electrons. The molecule has 1 aliphatic carbocycles. The summed E-state index contributed by atoms with van der Waals surface area (Å²) in [7, 11) is 0. The fourth-order valence-electron chi connectivity index (χ4n) is 1.55. The van der Waals surface area contributed by atoms with Crippen molar-refractivity contribution in [2.24, 2.45) is 5.92 Å². The molecular formula is C11H13N3OS. The summed E-state index contributed by atoms with van der Waals surface area (Å²) in [5.41, 5.74) is 0. The second-order valence-electron chi connectivity index (χ2n) is 4.08. The summed E-state index contributed by atoms with van der Waals surface area (Å²) in [6.07, 6.45) is 3.55. The van der Waals surface area contributed by atoms with Gasteiger partial charge in [0, 0.05) is 11.3 Å². The SMILES string of the molecule is c1csc(CNc2nnc(CC3CC3)o2)c1. The van der Waals surface area contributed by atoms with E-state index in [1.165, 1.54) is 17.7 Å². The molecule has 2 aromatic rings. The van der Waals surface area contributed by atoms with E-state index in [4.69, 9.17) is 4.42 Å². The van der Waals surface area contributed by atoms with E-state index < -0.39 is 0 Å². The van der Waals surface area contributed by atoms with Gasteiger partial charge in [0.1, 0.15) is 0 Å². The minimum Gasteiger partial charge on any atom is -0.408 e. The highest BCUT2D eigenvalue weighted by Crippen LogP contribution is 2.32. The molecule has 2 heterocycles. The van der Waals surface area contributed by atoms with E-state index >= 15 is 0 Å².